The molecule has 0 bridgehead atoms. The zero-order chi connectivity index (χ0) is 18.8. The van der Waals surface area contributed by atoms with Crippen LogP contribution in [0.1, 0.15) is 12.5 Å². The Morgan fingerprint density at radius 2 is 1.96 bits per heavy atom. The Bertz CT molecular complexity index is 912. The number of rotatable bonds is 4. The van der Waals surface area contributed by atoms with Crippen LogP contribution in [0.3, 0.4) is 0 Å². The summed E-state index contributed by atoms with van der Waals surface area (Å²) in [7, 11) is 0. The van der Waals surface area contributed by atoms with Gasteiger partial charge in [0.1, 0.15) is 5.75 Å². The number of aromatic hydroxyl groups is 2. The molecular formula is C18H14ClNO4S2. The average molecular weight is 408 g/mol. The molecule has 1 saturated heterocycles. The fraction of sp³-hybridized carbons (Fsp3) is 0.111. The smallest absolute Gasteiger partial charge is 0.270 e. The zero-order valence-corrected chi connectivity index (χ0v) is 16.0. The standard InChI is InChI=1S/C18H14ClNO4S2/c1-2-24-14-8-10(7-13(19)16(14)22)9-15-17(23)20(18(25)26-15)11-3-5-12(21)6-4-11/h3-9,21-22H,2H2,1H3/b15-9-. The third-order valence-electron chi connectivity index (χ3n) is 3.55. The Kier molecular flexibility index (Phi) is 5.41. The Morgan fingerprint density at radius 3 is 2.62 bits per heavy atom. The van der Waals surface area contributed by atoms with Crippen molar-refractivity contribution < 1.29 is 19.7 Å². The van der Waals surface area contributed by atoms with E-state index in [1.807, 2.05) is 0 Å². The van der Waals surface area contributed by atoms with Crippen LogP contribution in [0, 0.1) is 0 Å². The van der Waals surface area contributed by atoms with Crippen molar-refractivity contribution in [3.8, 4) is 17.2 Å². The Morgan fingerprint density at radius 1 is 1.27 bits per heavy atom. The highest BCUT2D eigenvalue weighted by molar-refractivity contribution is 8.27. The van der Waals surface area contributed by atoms with Crippen LogP contribution >= 0.6 is 35.6 Å². The van der Waals surface area contributed by atoms with Crippen molar-refractivity contribution in [3.63, 3.8) is 0 Å². The first-order valence-electron chi connectivity index (χ1n) is 7.63. The molecule has 3 rings (SSSR count). The van der Waals surface area contributed by atoms with E-state index in [0.717, 1.165) is 11.8 Å². The number of thioether (sulfide) groups is 1. The minimum absolute atomic E-state index is 0.108. The fourth-order valence-electron chi connectivity index (χ4n) is 2.39. The molecule has 2 aromatic carbocycles. The topological polar surface area (TPSA) is 70.0 Å². The van der Waals surface area contributed by atoms with Crippen LogP contribution in [-0.4, -0.2) is 27.0 Å². The highest BCUT2D eigenvalue weighted by Gasteiger charge is 2.33. The molecule has 0 saturated carbocycles. The number of carbonyl (C=O) groups excluding carboxylic acids is 1. The quantitative estimate of drug-likeness (QED) is 0.572. The zero-order valence-electron chi connectivity index (χ0n) is 13.6. The number of nitrogens with zero attached hydrogens (tertiary/aromatic N) is 1. The van der Waals surface area contributed by atoms with Gasteiger partial charge in [-0.25, -0.2) is 0 Å². The van der Waals surface area contributed by atoms with Crippen molar-refractivity contribution in [3.05, 3.63) is 51.9 Å². The number of carbonyl (C=O) groups is 1. The Balaban J connectivity index is 1.94. The lowest BCUT2D eigenvalue weighted by Crippen LogP contribution is -2.27. The SMILES string of the molecule is CCOc1cc(/C=C2\SC(=S)N(c3ccc(O)cc3)C2=O)cc(Cl)c1O. The summed E-state index contributed by atoms with van der Waals surface area (Å²) in [5.74, 6) is -0.0488. The number of amides is 1. The molecule has 2 aromatic rings. The molecule has 0 unspecified atom stereocenters. The van der Waals surface area contributed by atoms with Crippen LogP contribution in [0.5, 0.6) is 17.2 Å². The number of halogens is 1. The minimum atomic E-state index is -0.271. The number of anilines is 1. The number of hydrogen-bond acceptors (Lipinski definition) is 6. The highest BCUT2D eigenvalue weighted by atomic mass is 35.5. The third kappa shape index (κ3) is 3.65. The summed E-state index contributed by atoms with van der Waals surface area (Å²) in [6.45, 7) is 2.17. The molecule has 2 N–H and O–H groups in total. The molecule has 1 aliphatic rings. The monoisotopic (exact) mass is 407 g/mol. The summed E-state index contributed by atoms with van der Waals surface area (Å²) in [6, 6.07) is 9.38. The number of benzene rings is 2. The van der Waals surface area contributed by atoms with Gasteiger partial charge in [0.05, 0.1) is 22.2 Å². The highest BCUT2D eigenvalue weighted by Crippen LogP contribution is 2.39. The molecule has 0 atom stereocenters. The summed E-state index contributed by atoms with van der Waals surface area (Å²) in [5.41, 5.74) is 1.19. The Labute approximate surface area is 164 Å². The molecule has 8 heteroatoms. The van der Waals surface area contributed by atoms with Gasteiger partial charge in [-0.2, -0.15) is 0 Å². The number of thiocarbonyl (C=S) groups is 1. The number of hydrogen-bond donors (Lipinski definition) is 2. The van der Waals surface area contributed by atoms with Crippen molar-refractivity contribution in [2.24, 2.45) is 0 Å². The van der Waals surface area contributed by atoms with E-state index in [1.165, 1.54) is 17.0 Å². The maximum atomic E-state index is 12.7. The van der Waals surface area contributed by atoms with E-state index in [-0.39, 0.29) is 28.2 Å². The second-order valence-corrected chi connectivity index (χ2v) is 7.40. The van der Waals surface area contributed by atoms with Crippen LogP contribution in [0.25, 0.3) is 6.08 Å². The largest absolute Gasteiger partial charge is 0.508 e. The van der Waals surface area contributed by atoms with E-state index in [9.17, 15) is 15.0 Å². The molecule has 0 aromatic heterocycles. The third-order valence-corrected chi connectivity index (χ3v) is 5.14. The van der Waals surface area contributed by atoms with Gasteiger partial charge in [-0.3, -0.25) is 9.69 Å². The fourth-order valence-corrected chi connectivity index (χ4v) is 3.90. The van der Waals surface area contributed by atoms with E-state index >= 15 is 0 Å². The van der Waals surface area contributed by atoms with Gasteiger partial charge in [0.15, 0.2) is 15.8 Å². The summed E-state index contributed by atoms with van der Waals surface area (Å²) < 4.78 is 5.75. The van der Waals surface area contributed by atoms with Crippen molar-refractivity contribution >= 4 is 57.6 Å². The predicted octanol–water partition coefficient (Wildman–Crippen LogP) is 4.56. The maximum Gasteiger partial charge on any atom is 0.270 e. The first kappa shape index (κ1) is 18.6. The van der Waals surface area contributed by atoms with E-state index < -0.39 is 0 Å². The van der Waals surface area contributed by atoms with Gasteiger partial charge in [-0.05, 0) is 55.0 Å². The molecular weight excluding hydrogens is 394 g/mol. The molecule has 26 heavy (non-hydrogen) atoms. The van der Waals surface area contributed by atoms with E-state index in [2.05, 4.69) is 0 Å². The summed E-state index contributed by atoms with van der Waals surface area (Å²) >= 11 is 12.5. The first-order valence-corrected chi connectivity index (χ1v) is 9.23. The lowest BCUT2D eigenvalue weighted by molar-refractivity contribution is -0.113. The van der Waals surface area contributed by atoms with E-state index in [0.29, 0.717) is 27.1 Å². The van der Waals surface area contributed by atoms with Crippen LogP contribution in [0.15, 0.2) is 41.3 Å². The van der Waals surface area contributed by atoms with Gasteiger partial charge >= 0.3 is 0 Å². The summed E-state index contributed by atoms with van der Waals surface area (Å²) in [6.07, 6.45) is 1.65. The molecule has 134 valence electrons. The van der Waals surface area contributed by atoms with Gasteiger partial charge in [0.25, 0.3) is 5.91 Å². The second-order valence-electron chi connectivity index (χ2n) is 5.32. The number of phenols is 2. The van der Waals surface area contributed by atoms with E-state index in [4.69, 9.17) is 28.6 Å². The lowest BCUT2D eigenvalue weighted by atomic mass is 10.1. The molecule has 5 nitrogen and oxygen atoms in total. The van der Waals surface area contributed by atoms with Gasteiger partial charge in [0.2, 0.25) is 0 Å². The van der Waals surface area contributed by atoms with Gasteiger partial charge in [-0.15, -0.1) is 0 Å². The van der Waals surface area contributed by atoms with E-state index in [1.54, 1.807) is 37.3 Å². The molecule has 1 fully saturated rings. The van der Waals surface area contributed by atoms with Gasteiger partial charge in [0, 0.05) is 0 Å². The Hall–Kier alpha value is -2.22. The first-order chi connectivity index (χ1) is 12.4. The minimum Gasteiger partial charge on any atom is -0.508 e. The molecule has 1 heterocycles. The van der Waals surface area contributed by atoms with Crippen LogP contribution in [-0.2, 0) is 4.79 Å². The van der Waals surface area contributed by atoms with Crippen molar-refractivity contribution in [2.45, 2.75) is 6.92 Å². The van der Waals surface area contributed by atoms with Crippen LogP contribution in [0.2, 0.25) is 5.02 Å². The molecule has 1 amide bonds. The van der Waals surface area contributed by atoms with Crippen LogP contribution < -0.4 is 9.64 Å². The summed E-state index contributed by atoms with van der Waals surface area (Å²) in [4.78, 5) is 14.6. The molecule has 0 aliphatic carbocycles. The van der Waals surface area contributed by atoms with Crippen molar-refractivity contribution in [1.29, 1.82) is 0 Å². The van der Waals surface area contributed by atoms with Crippen molar-refractivity contribution in [1.82, 2.24) is 0 Å². The normalized spacial score (nSPS) is 15.8. The van der Waals surface area contributed by atoms with Crippen molar-refractivity contribution in [2.75, 3.05) is 11.5 Å². The van der Waals surface area contributed by atoms with Gasteiger partial charge in [-0.1, -0.05) is 35.6 Å². The molecule has 0 radical (unpaired) electrons. The maximum absolute atomic E-state index is 12.7. The number of phenolic OH excluding ortho intramolecular Hbond substituents is 2. The second kappa shape index (κ2) is 7.57. The lowest BCUT2D eigenvalue weighted by Gasteiger charge is -2.14. The molecule has 1 aliphatic heterocycles. The molecule has 0 spiro atoms. The number of ether oxygens (including phenoxy) is 1. The average Bonchev–Trinajstić information content (AvgIpc) is 2.87. The van der Waals surface area contributed by atoms with Crippen LogP contribution in [0.4, 0.5) is 5.69 Å². The predicted molar refractivity (Wildman–Crippen MR) is 108 cm³/mol. The van der Waals surface area contributed by atoms with Gasteiger partial charge < -0.3 is 14.9 Å². The summed E-state index contributed by atoms with van der Waals surface area (Å²) in [5, 5.41) is 19.5.